The van der Waals surface area contributed by atoms with E-state index in [-0.39, 0.29) is 23.6 Å². The summed E-state index contributed by atoms with van der Waals surface area (Å²) >= 11 is 0. The topological polar surface area (TPSA) is 67.9 Å². The summed E-state index contributed by atoms with van der Waals surface area (Å²) in [6, 6.07) is 3.20. The Kier molecular flexibility index (Phi) is 3.31. The molecule has 18 heavy (non-hydrogen) atoms. The summed E-state index contributed by atoms with van der Waals surface area (Å²) in [5.74, 6) is -2.67. The van der Waals surface area contributed by atoms with Crippen LogP contribution in [0.5, 0.6) is 0 Å². The van der Waals surface area contributed by atoms with Crippen LogP contribution in [0.15, 0.2) is 18.2 Å². The molecule has 0 aliphatic rings. The van der Waals surface area contributed by atoms with Crippen LogP contribution >= 0.6 is 0 Å². The highest BCUT2D eigenvalue weighted by Crippen LogP contribution is 2.22. The standard InChI is InChI=1S/C11H9F2N3O2/c1-2-18-11(17)10-9(14-16-15-10)6-3-4-7(12)8(13)5-6/h3-5H,2H2,1H3,(H,14,15,16). The van der Waals surface area contributed by atoms with Gasteiger partial charge >= 0.3 is 5.97 Å². The minimum absolute atomic E-state index is 0.0668. The Morgan fingerprint density at radius 1 is 1.33 bits per heavy atom. The van der Waals surface area contributed by atoms with Crippen molar-refractivity contribution < 1.29 is 18.3 Å². The Hall–Kier alpha value is -2.31. The molecule has 1 N–H and O–H groups in total. The number of aromatic amines is 1. The average molecular weight is 253 g/mol. The molecular formula is C11H9F2N3O2. The van der Waals surface area contributed by atoms with Crippen molar-refractivity contribution in [2.75, 3.05) is 6.61 Å². The molecule has 2 rings (SSSR count). The zero-order valence-corrected chi connectivity index (χ0v) is 9.41. The Bertz CT molecular complexity index is 583. The minimum Gasteiger partial charge on any atom is -0.461 e. The molecule has 0 atom stereocenters. The van der Waals surface area contributed by atoms with E-state index in [0.29, 0.717) is 0 Å². The maximum atomic E-state index is 13.1. The zero-order valence-electron chi connectivity index (χ0n) is 9.41. The normalized spacial score (nSPS) is 10.4. The highest BCUT2D eigenvalue weighted by atomic mass is 19.2. The Balaban J connectivity index is 2.42. The molecule has 0 spiro atoms. The number of carbonyl (C=O) groups excluding carboxylic acids is 1. The quantitative estimate of drug-likeness (QED) is 0.848. The van der Waals surface area contributed by atoms with Crippen LogP contribution in [-0.2, 0) is 4.74 Å². The number of nitrogens with zero attached hydrogens (tertiary/aromatic N) is 2. The molecule has 0 unspecified atom stereocenters. The van der Waals surface area contributed by atoms with Crippen LogP contribution < -0.4 is 0 Å². The first kappa shape index (κ1) is 12.2. The van der Waals surface area contributed by atoms with E-state index in [1.54, 1.807) is 6.92 Å². The van der Waals surface area contributed by atoms with Crippen molar-refractivity contribution in [1.82, 2.24) is 15.4 Å². The van der Waals surface area contributed by atoms with Crippen molar-refractivity contribution in [1.29, 1.82) is 0 Å². The summed E-state index contributed by atoms with van der Waals surface area (Å²) in [6.45, 7) is 1.83. The van der Waals surface area contributed by atoms with Gasteiger partial charge in [-0.15, -0.1) is 5.10 Å². The number of esters is 1. The molecular weight excluding hydrogens is 244 g/mol. The number of aromatic nitrogens is 3. The minimum atomic E-state index is -1.02. The fourth-order valence-corrected chi connectivity index (χ4v) is 1.42. The van der Waals surface area contributed by atoms with Gasteiger partial charge in [-0.05, 0) is 25.1 Å². The second kappa shape index (κ2) is 4.91. The number of benzene rings is 1. The summed E-state index contributed by atoms with van der Waals surface area (Å²) < 4.78 is 30.7. The van der Waals surface area contributed by atoms with Gasteiger partial charge in [-0.25, -0.2) is 13.6 Å². The van der Waals surface area contributed by atoms with Gasteiger partial charge in [0.25, 0.3) is 0 Å². The second-order valence-corrected chi connectivity index (χ2v) is 3.37. The molecule has 7 heteroatoms. The molecule has 94 valence electrons. The molecule has 0 amide bonds. The summed E-state index contributed by atoms with van der Waals surface area (Å²) in [7, 11) is 0. The number of hydrogen-bond donors (Lipinski definition) is 1. The Morgan fingerprint density at radius 3 is 2.78 bits per heavy atom. The molecule has 1 aromatic heterocycles. The highest BCUT2D eigenvalue weighted by molar-refractivity contribution is 5.93. The van der Waals surface area contributed by atoms with Crippen LogP contribution in [0.3, 0.4) is 0 Å². The fraction of sp³-hybridized carbons (Fsp3) is 0.182. The van der Waals surface area contributed by atoms with Gasteiger partial charge in [-0.2, -0.15) is 10.3 Å². The van der Waals surface area contributed by atoms with Crippen LogP contribution in [-0.4, -0.2) is 28.0 Å². The van der Waals surface area contributed by atoms with Gasteiger partial charge in [0, 0.05) is 5.56 Å². The average Bonchev–Trinajstić information content (AvgIpc) is 2.82. The first-order chi connectivity index (χ1) is 8.63. The number of H-pyrrole nitrogens is 1. The van der Waals surface area contributed by atoms with E-state index in [9.17, 15) is 13.6 Å². The number of hydrogen-bond acceptors (Lipinski definition) is 4. The number of ether oxygens (including phenoxy) is 1. The molecule has 0 saturated heterocycles. The van der Waals surface area contributed by atoms with Crippen LogP contribution in [0.2, 0.25) is 0 Å². The predicted molar refractivity (Wildman–Crippen MR) is 57.7 cm³/mol. The summed E-state index contributed by atoms with van der Waals surface area (Å²) in [5.41, 5.74) is 0.293. The van der Waals surface area contributed by atoms with Gasteiger partial charge < -0.3 is 4.74 Å². The van der Waals surface area contributed by atoms with E-state index >= 15 is 0 Å². The Morgan fingerprint density at radius 2 is 2.11 bits per heavy atom. The lowest BCUT2D eigenvalue weighted by Gasteiger charge is -2.01. The molecule has 0 fully saturated rings. The van der Waals surface area contributed by atoms with Gasteiger partial charge in [0.15, 0.2) is 17.3 Å². The van der Waals surface area contributed by atoms with Gasteiger partial charge in [0.2, 0.25) is 0 Å². The number of carbonyl (C=O) groups is 1. The van der Waals surface area contributed by atoms with E-state index in [2.05, 4.69) is 15.4 Å². The lowest BCUT2D eigenvalue weighted by molar-refractivity contribution is 0.0520. The van der Waals surface area contributed by atoms with Crippen molar-refractivity contribution >= 4 is 5.97 Å². The molecule has 1 heterocycles. The van der Waals surface area contributed by atoms with Crippen molar-refractivity contribution in [2.24, 2.45) is 0 Å². The molecule has 0 saturated carbocycles. The molecule has 5 nitrogen and oxygen atoms in total. The van der Waals surface area contributed by atoms with Crippen LogP contribution in [0.1, 0.15) is 17.4 Å². The summed E-state index contributed by atoms with van der Waals surface area (Å²) in [6.07, 6.45) is 0. The van der Waals surface area contributed by atoms with E-state index in [1.165, 1.54) is 6.07 Å². The van der Waals surface area contributed by atoms with E-state index in [4.69, 9.17) is 4.74 Å². The third kappa shape index (κ3) is 2.20. The molecule has 1 aromatic carbocycles. The lowest BCUT2D eigenvalue weighted by Crippen LogP contribution is -2.06. The monoisotopic (exact) mass is 253 g/mol. The van der Waals surface area contributed by atoms with Crippen molar-refractivity contribution in [3.05, 3.63) is 35.5 Å². The zero-order chi connectivity index (χ0) is 13.1. The SMILES string of the molecule is CCOC(=O)c1n[nH]nc1-c1ccc(F)c(F)c1. The van der Waals surface area contributed by atoms with E-state index in [1.807, 2.05) is 0 Å². The molecule has 2 aromatic rings. The van der Waals surface area contributed by atoms with Crippen molar-refractivity contribution in [2.45, 2.75) is 6.92 Å². The maximum Gasteiger partial charge on any atom is 0.361 e. The lowest BCUT2D eigenvalue weighted by atomic mass is 10.1. The first-order valence-corrected chi connectivity index (χ1v) is 5.16. The maximum absolute atomic E-state index is 13.1. The van der Waals surface area contributed by atoms with Crippen LogP contribution in [0.4, 0.5) is 8.78 Å². The van der Waals surface area contributed by atoms with Crippen molar-refractivity contribution in [3.63, 3.8) is 0 Å². The second-order valence-electron chi connectivity index (χ2n) is 3.37. The van der Waals surface area contributed by atoms with E-state index < -0.39 is 17.6 Å². The number of halogens is 2. The number of nitrogens with one attached hydrogen (secondary N) is 1. The summed E-state index contributed by atoms with van der Waals surface area (Å²) in [5, 5.41) is 9.62. The molecule has 0 aliphatic carbocycles. The van der Waals surface area contributed by atoms with Gasteiger partial charge in [0.05, 0.1) is 6.61 Å². The third-order valence-electron chi connectivity index (χ3n) is 2.21. The highest BCUT2D eigenvalue weighted by Gasteiger charge is 2.19. The van der Waals surface area contributed by atoms with Gasteiger partial charge in [-0.1, -0.05) is 0 Å². The van der Waals surface area contributed by atoms with Gasteiger partial charge in [0.1, 0.15) is 5.69 Å². The molecule has 0 aliphatic heterocycles. The van der Waals surface area contributed by atoms with Crippen LogP contribution in [0.25, 0.3) is 11.3 Å². The fourth-order valence-electron chi connectivity index (χ4n) is 1.42. The van der Waals surface area contributed by atoms with Crippen molar-refractivity contribution in [3.8, 4) is 11.3 Å². The summed E-state index contributed by atoms with van der Waals surface area (Å²) in [4.78, 5) is 11.5. The first-order valence-electron chi connectivity index (χ1n) is 5.16. The largest absolute Gasteiger partial charge is 0.461 e. The Labute approximate surface area is 101 Å². The van der Waals surface area contributed by atoms with E-state index in [0.717, 1.165) is 12.1 Å². The van der Waals surface area contributed by atoms with Gasteiger partial charge in [-0.3, -0.25) is 0 Å². The predicted octanol–water partition coefficient (Wildman–Crippen LogP) is 1.93. The molecule has 0 radical (unpaired) electrons. The number of rotatable bonds is 3. The third-order valence-corrected chi connectivity index (χ3v) is 2.21. The van der Waals surface area contributed by atoms with Crippen LogP contribution in [0, 0.1) is 11.6 Å². The smallest absolute Gasteiger partial charge is 0.361 e. The molecule has 0 bridgehead atoms.